The van der Waals surface area contributed by atoms with Crippen LogP contribution in [-0.2, 0) is 0 Å². The van der Waals surface area contributed by atoms with Crippen molar-refractivity contribution in [2.24, 2.45) is 0 Å². The molecule has 0 unspecified atom stereocenters. The van der Waals surface area contributed by atoms with Crippen molar-refractivity contribution in [1.82, 2.24) is 9.80 Å². The molecule has 0 fully saturated rings. The third-order valence-electron chi connectivity index (χ3n) is 1.95. The summed E-state index contributed by atoms with van der Waals surface area (Å²) in [6, 6.07) is 0. The quantitative estimate of drug-likeness (QED) is 0.753. The molecule has 0 amide bonds. The Bertz CT molecular complexity index is 178. The number of hydrogen-bond donors (Lipinski definition) is 0. The number of nitrogens with zero attached hydrogens (tertiary/aromatic N) is 2. The van der Waals surface area contributed by atoms with E-state index >= 15 is 0 Å². The summed E-state index contributed by atoms with van der Waals surface area (Å²) in [5, 5.41) is 0. The summed E-state index contributed by atoms with van der Waals surface area (Å²) in [4.78, 5) is 4.53. The zero-order chi connectivity index (χ0) is 8.81. The van der Waals surface area contributed by atoms with Crippen LogP contribution < -0.4 is 0 Å². The van der Waals surface area contributed by atoms with Gasteiger partial charge in [0.05, 0.1) is 6.67 Å². The van der Waals surface area contributed by atoms with Crippen LogP contribution in [0.3, 0.4) is 0 Å². The van der Waals surface area contributed by atoms with Crippen LogP contribution in [0.5, 0.6) is 0 Å². The molecule has 1 heterocycles. The van der Waals surface area contributed by atoms with Gasteiger partial charge in [0.2, 0.25) is 0 Å². The fourth-order valence-corrected chi connectivity index (χ4v) is 1.28. The van der Waals surface area contributed by atoms with E-state index in [1.807, 2.05) is 6.92 Å². The van der Waals surface area contributed by atoms with Crippen LogP contribution in [0.4, 0.5) is 0 Å². The summed E-state index contributed by atoms with van der Waals surface area (Å²) >= 11 is 0. The van der Waals surface area contributed by atoms with Gasteiger partial charge in [0, 0.05) is 25.1 Å². The fourth-order valence-electron chi connectivity index (χ4n) is 1.28. The Hall–Kier alpha value is -0.440. The maximum absolute atomic E-state index is 2.34. The zero-order valence-electron chi connectivity index (χ0n) is 8.44. The second kappa shape index (κ2) is 7.01. The van der Waals surface area contributed by atoms with Crippen molar-refractivity contribution >= 4 is 17.0 Å². The number of rotatable bonds is 4. The van der Waals surface area contributed by atoms with Crippen molar-refractivity contribution in [2.45, 2.75) is 26.7 Å². The van der Waals surface area contributed by atoms with Crippen LogP contribution in [-0.4, -0.2) is 23.0 Å². The molecule has 0 aromatic heterocycles. The van der Waals surface area contributed by atoms with Gasteiger partial charge in [0.25, 0.3) is 0 Å². The topological polar surface area (TPSA) is 6.48 Å². The van der Waals surface area contributed by atoms with Gasteiger partial charge in [-0.3, -0.25) is 0 Å². The lowest BCUT2D eigenvalue weighted by atomic mass is 10.3. The van der Waals surface area contributed by atoms with Gasteiger partial charge in [-0.2, -0.15) is 0 Å². The van der Waals surface area contributed by atoms with Crippen molar-refractivity contribution < 1.29 is 0 Å². The number of hydrogen-bond acceptors (Lipinski definition) is 2. The van der Waals surface area contributed by atoms with Gasteiger partial charge in [0.1, 0.15) is 0 Å². The third-order valence-corrected chi connectivity index (χ3v) is 1.95. The lowest BCUT2D eigenvalue weighted by molar-refractivity contribution is 0.310. The van der Waals surface area contributed by atoms with E-state index in [1.165, 1.54) is 19.4 Å². The van der Waals surface area contributed by atoms with Crippen molar-refractivity contribution in [3.63, 3.8) is 0 Å². The van der Waals surface area contributed by atoms with Crippen LogP contribution in [0, 0.1) is 0 Å². The van der Waals surface area contributed by atoms with Crippen LogP contribution in [0.15, 0.2) is 24.7 Å². The Morgan fingerprint density at radius 3 is 2.77 bits per heavy atom. The smallest absolute Gasteiger partial charge is 0.0935 e. The molecular weight excluding hydrogens is 228 g/mol. The van der Waals surface area contributed by atoms with Gasteiger partial charge in [-0.25, -0.2) is 0 Å². The molecule has 1 aliphatic rings. The molecule has 0 spiro atoms. The number of allylic oxidation sites excluding steroid dienone is 1. The van der Waals surface area contributed by atoms with E-state index in [1.54, 1.807) is 0 Å². The standard InChI is InChI=1S/C10H18N2.BrH/c1-3-5-7-12-9-8-11(10-12)6-4-2;/h4,6,8-9H,3,5,7,10H2,1-2H3;1H. The van der Waals surface area contributed by atoms with Crippen LogP contribution in [0.1, 0.15) is 26.7 Å². The van der Waals surface area contributed by atoms with Gasteiger partial charge >= 0.3 is 0 Å². The van der Waals surface area contributed by atoms with E-state index in [-0.39, 0.29) is 17.0 Å². The van der Waals surface area contributed by atoms with Crippen molar-refractivity contribution in [3.8, 4) is 0 Å². The average molecular weight is 247 g/mol. The highest BCUT2D eigenvalue weighted by molar-refractivity contribution is 8.93. The van der Waals surface area contributed by atoms with Crippen LogP contribution >= 0.6 is 17.0 Å². The molecule has 0 saturated heterocycles. The summed E-state index contributed by atoms with van der Waals surface area (Å²) < 4.78 is 0. The summed E-state index contributed by atoms with van der Waals surface area (Å²) in [6.45, 7) is 6.47. The van der Waals surface area contributed by atoms with Crippen LogP contribution in [0.2, 0.25) is 0 Å². The highest BCUT2D eigenvalue weighted by Crippen LogP contribution is 2.07. The minimum absolute atomic E-state index is 0. The molecule has 0 aromatic rings. The maximum atomic E-state index is 2.34. The molecule has 0 aromatic carbocycles. The molecular formula is C10H19BrN2. The van der Waals surface area contributed by atoms with E-state index in [0.717, 1.165) is 6.67 Å². The molecule has 0 bridgehead atoms. The maximum Gasteiger partial charge on any atom is 0.0935 e. The monoisotopic (exact) mass is 246 g/mol. The van der Waals surface area contributed by atoms with E-state index in [0.29, 0.717) is 0 Å². The first-order valence-corrected chi connectivity index (χ1v) is 4.67. The largest absolute Gasteiger partial charge is 0.358 e. The Balaban J connectivity index is 0.00000144. The molecule has 0 radical (unpaired) electrons. The zero-order valence-corrected chi connectivity index (χ0v) is 10.2. The van der Waals surface area contributed by atoms with Crippen molar-refractivity contribution in [2.75, 3.05) is 13.2 Å². The Morgan fingerprint density at radius 2 is 2.15 bits per heavy atom. The van der Waals surface area contributed by atoms with Crippen molar-refractivity contribution in [1.29, 1.82) is 0 Å². The molecule has 76 valence electrons. The summed E-state index contributed by atoms with van der Waals surface area (Å²) in [5.74, 6) is 0. The summed E-state index contributed by atoms with van der Waals surface area (Å²) in [5.41, 5.74) is 0. The molecule has 3 heteroatoms. The van der Waals surface area contributed by atoms with Crippen LogP contribution in [0.25, 0.3) is 0 Å². The lowest BCUT2D eigenvalue weighted by Crippen LogP contribution is -2.22. The first kappa shape index (κ1) is 12.6. The second-order valence-electron chi connectivity index (χ2n) is 3.10. The van der Waals surface area contributed by atoms with Gasteiger partial charge in [-0.1, -0.05) is 19.4 Å². The normalized spacial score (nSPS) is 15.5. The van der Waals surface area contributed by atoms with E-state index in [9.17, 15) is 0 Å². The van der Waals surface area contributed by atoms with Gasteiger partial charge in [0.15, 0.2) is 0 Å². The molecule has 13 heavy (non-hydrogen) atoms. The molecule has 2 nitrogen and oxygen atoms in total. The lowest BCUT2D eigenvalue weighted by Gasteiger charge is -2.17. The van der Waals surface area contributed by atoms with Gasteiger partial charge < -0.3 is 9.80 Å². The number of halogens is 1. The predicted molar refractivity (Wildman–Crippen MR) is 62.6 cm³/mol. The second-order valence-corrected chi connectivity index (χ2v) is 3.10. The molecule has 0 atom stereocenters. The van der Waals surface area contributed by atoms with E-state index in [2.05, 4.69) is 41.4 Å². The highest BCUT2D eigenvalue weighted by atomic mass is 79.9. The molecule has 0 saturated carbocycles. The molecule has 1 aliphatic heterocycles. The van der Waals surface area contributed by atoms with Crippen molar-refractivity contribution in [3.05, 3.63) is 24.7 Å². The SMILES string of the molecule is Br.CC=CN1C=CN(CCCC)C1. The minimum atomic E-state index is 0. The summed E-state index contributed by atoms with van der Waals surface area (Å²) in [6.07, 6.45) is 11.0. The third kappa shape index (κ3) is 4.36. The minimum Gasteiger partial charge on any atom is -0.358 e. The van der Waals surface area contributed by atoms with Gasteiger partial charge in [-0.15, -0.1) is 17.0 Å². The molecule has 0 aliphatic carbocycles. The Labute approximate surface area is 91.7 Å². The molecule has 1 rings (SSSR count). The first-order valence-electron chi connectivity index (χ1n) is 4.67. The first-order chi connectivity index (χ1) is 5.86. The average Bonchev–Trinajstić information content (AvgIpc) is 2.50. The fraction of sp³-hybridized carbons (Fsp3) is 0.600. The van der Waals surface area contributed by atoms with E-state index < -0.39 is 0 Å². The van der Waals surface area contributed by atoms with E-state index in [4.69, 9.17) is 0 Å². The predicted octanol–water partition coefficient (Wildman–Crippen LogP) is 2.94. The van der Waals surface area contributed by atoms with Gasteiger partial charge in [-0.05, 0) is 13.3 Å². The molecule has 0 N–H and O–H groups in total. The Kier molecular flexibility index (Phi) is 6.77. The highest BCUT2D eigenvalue weighted by Gasteiger charge is 2.07. The Morgan fingerprint density at radius 1 is 1.38 bits per heavy atom. The summed E-state index contributed by atoms with van der Waals surface area (Å²) in [7, 11) is 0. The number of unbranched alkanes of at least 4 members (excludes halogenated alkanes) is 1.